The van der Waals surface area contributed by atoms with Crippen LogP contribution in [0.2, 0.25) is 0 Å². The Balaban J connectivity index is 1.40. The fraction of sp³-hybridized carbons (Fsp3) is 0.417. The lowest BCUT2D eigenvalue weighted by molar-refractivity contribution is -0.180. The third-order valence-corrected chi connectivity index (χ3v) is 6.12. The Morgan fingerprint density at radius 2 is 2.00 bits per heavy atom. The zero-order valence-electron chi connectivity index (χ0n) is 17.5. The maximum Gasteiger partial charge on any atom is 0.126 e. The van der Waals surface area contributed by atoms with Crippen molar-refractivity contribution in [3.05, 3.63) is 70.7 Å². The number of hydroxylamine groups is 2. The number of nitrogens with zero attached hydrogens (tertiary/aromatic N) is 2. The van der Waals surface area contributed by atoms with Gasteiger partial charge in [-0.1, -0.05) is 30.3 Å². The normalized spacial score (nSPS) is 15.9. The van der Waals surface area contributed by atoms with Gasteiger partial charge < -0.3 is 15.4 Å². The van der Waals surface area contributed by atoms with Crippen LogP contribution >= 0.6 is 0 Å². The molecule has 30 heavy (non-hydrogen) atoms. The molecule has 0 unspecified atom stereocenters. The van der Waals surface area contributed by atoms with Crippen molar-refractivity contribution in [3.63, 3.8) is 0 Å². The van der Waals surface area contributed by atoms with Gasteiger partial charge in [0.15, 0.2) is 0 Å². The molecule has 0 spiro atoms. The maximum atomic E-state index is 14.3. The molecule has 6 heteroatoms. The Hall–Kier alpha value is -2.25. The lowest BCUT2D eigenvalue weighted by Crippen LogP contribution is -2.33. The molecule has 0 radical (unpaired) electrons. The summed E-state index contributed by atoms with van der Waals surface area (Å²) < 4.78 is 16.4. The Morgan fingerprint density at radius 3 is 2.73 bits per heavy atom. The number of para-hydroxylation sites is 1. The molecule has 0 atom stereocenters. The highest BCUT2D eigenvalue weighted by molar-refractivity contribution is 5.86. The fourth-order valence-electron chi connectivity index (χ4n) is 4.51. The van der Waals surface area contributed by atoms with Gasteiger partial charge in [0.1, 0.15) is 5.82 Å². The highest BCUT2D eigenvalue weighted by Crippen LogP contribution is 2.31. The van der Waals surface area contributed by atoms with E-state index in [0.29, 0.717) is 19.7 Å². The molecule has 3 N–H and O–H groups in total. The summed E-state index contributed by atoms with van der Waals surface area (Å²) >= 11 is 0. The number of nitrogens with two attached hydrogens (primary N) is 1. The molecule has 1 aliphatic rings. The van der Waals surface area contributed by atoms with Crippen LogP contribution in [-0.2, 0) is 24.5 Å². The largest absolute Gasteiger partial charge is 0.395 e. The summed E-state index contributed by atoms with van der Waals surface area (Å²) in [6.45, 7) is 5.22. The van der Waals surface area contributed by atoms with Crippen LogP contribution in [0.5, 0.6) is 0 Å². The van der Waals surface area contributed by atoms with E-state index in [2.05, 4.69) is 35.9 Å². The molecule has 1 saturated heterocycles. The molecule has 2 heterocycles. The monoisotopic (exact) mass is 411 g/mol. The first-order chi connectivity index (χ1) is 14.6. The highest BCUT2D eigenvalue weighted by Gasteiger charge is 2.24. The van der Waals surface area contributed by atoms with Gasteiger partial charge in [-0.15, -0.1) is 0 Å². The predicted molar refractivity (Wildman–Crippen MR) is 116 cm³/mol. The Kier molecular flexibility index (Phi) is 6.49. The Bertz CT molecular complexity index is 1010. The lowest BCUT2D eigenvalue weighted by atomic mass is 9.89. The first kappa shape index (κ1) is 21.0. The summed E-state index contributed by atoms with van der Waals surface area (Å²) in [7, 11) is 0. The van der Waals surface area contributed by atoms with Crippen LogP contribution in [0.15, 0.2) is 42.6 Å². The number of aliphatic hydroxyl groups is 1. The molecule has 1 aromatic heterocycles. The van der Waals surface area contributed by atoms with Crippen LogP contribution < -0.4 is 5.73 Å². The molecule has 2 aromatic carbocycles. The molecule has 0 amide bonds. The van der Waals surface area contributed by atoms with Gasteiger partial charge in [0.2, 0.25) is 0 Å². The number of hydrogen-bond acceptors (Lipinski definition) is 4. The van der Waals surface area contributed by atoms with Crippen LogP contribution in [0.25, 0.3) is 10.9 Å². The molecule has 3 aromatic rings. The Morgan fingerprint density at radius 1 is 1.20 bits per heavy atom. The van der Waals surface area contributed by atoms with E-state index >= 15 is 0 Å². The number of benzene rings is 2. The third-order valence-electron chi connectivity index (χ3n) is 6.12. The van der Waals surface area contributed by atoms with Crippen LogP contribution in [0.1, 0.15) is 41.0 Å². The second-order valence-corrected chi connectivity index (χ2v) is 8.08. The van der Waals surface area contributed by atoms with Gasteiger partial charge in [0, 0.05) is 43.3 Å². The average molecular weight is 412 g/mol. The van der Waals surface area contributed by atoms with E-state index in [4.69, 9.17) is 10.6 Å². The third kappa shape index (κ3) is 4.27. The van der Waals surface area contributed by atoms with Gasteiger partial charge in [-0.05, 0) is 48.4 Å². The van der Waals surface area contributed by atoms with Gasteiger partial charge in [-0.3, -0.25) is 4.84 Å². The minimum atomic E-state index is -0.140. The van der Waals surface area contributed by atoms with Crippen LogP contribution in [0.4, 0.5) is 4.39 Å². The summed E-state index contributed by atoms with van der Waals surface area (Å²) in [6.07, 6.45) is 3.79. The second kappa shape index (κ2) is 9.27. The van der Waals surface area contributed by atoms with E-state index in [1.54, 1.807) is 6.07 Å². The van der Waals surface area contributed by atoms with E-state index in [-0.39, 0.29) is 18.3 Å². The topological polar surface area (TPSA) is 63.7 Å². The van der Waals surface area contributed by atoms with E-state index < -0.39 is 0 Å². The number of rotatable bonds is 7. The summed E-state index contributed by atoms with van der Waals surface area (Å²) in [5.41, 5.74) is 10.9. The number of aromatic nitrogens is 1. The molecule has 0 bridgehead atoms. The standard InChI is InChI=1S/C24H30FN3O2/c1-17-3-2-4-21-20(15-27(11-12-29)24(17)21)16-30-28-9-7-19(8-10-28)22-13-18(14-26)5-6-23(22)25/h2-6,13,15,19,29H,7-12,14,16,26H2,1H3. The van der Waals surface area contributed by atoms with E-state index in [1.165, 1.54) is 17.0 Å². The van der Waals surface area contributed by atoms with Crippen molar-refractivity contribution in [1.82, 2.24) is 9.63 Å². The quantitative estimate of drug-likeness (QED) is 0.620. The van der Waals surface area contributed by atoms with Gasteiger partial charge in [-0.2, -0.15) is 5.06 Å². The molecule has 4 rings (SSSR count). The number of piperidine rings is 1. The minimum absolute atomic E-state index is 0.105. The SMILES string of the molecule is Cc1cccc2c(CON3CCC(c4cc(CN)ccc4F)CC3)cn(CCO)c12. The number of aryl methyl sites for hydroxylation is 1. The molecular weight excluding hydrogens is 381 g/mol. The summed E-state index contributed by atoms with van der Waals surface area (Å²) in [5.74, 6) is 0.0594. The molecular formula is C24H30FN3O2. The fourth-order valence-corrected chi connectivity index (χ4v) is 4.51. The summed E-state index contributed by atoms with van der Waals surface area (Å²) in [6, 6.07) is 11.4. The van der Waals surface area contributed by atoms with Crippen LogP contribution in [-0.4, -0.2) is 34.4 Å². The van der Waals surface area contributed by atoms with Crippen molar-refractivity contribution in [1.29, 1.82) is 0 Å². The zero-order chi connectivity index (χ0) is 21.1. The predicted octanol–water partition coefficient (Wildman–Crippen LogP) is 3.85. The highest BCUT2D eigenvalue weighted by atomic mass is 19.1. The lowest BCUT2D eigenvalue weighted by Gasteiger charge is -2.31. The first-order valence-electron chi connectivity index (χ1n) is 10.6. The minimum Gasteiger partial charge on any atom is -0.395 e. The number of halogens is 1. The molecule has 160 valence electrons. The molecule has 1 fully saturated rings. The van der Waals surface area contributed by atoms with Gasteiger partial charge in [-0.25, -0.2) is 4.39 Å². The molecule has 0 saturated carbocycles. The van der Waals surface area contributed by atoms with E-state index in [9.17, 15) is 9.50 Å². The number of fused-ring (bicyclic) bond motifs is 1. The van der Waals surface area contributed by atoms with Crippen molar-refractivity contribution in [2.24, 2.45) is 5.73 Å². The van der Waals surface area contributed by atoms with E-state index in [0.717, 1.165) is 48.1 Å². The molecule has 5 nitrogen and oxygen atoms in total. The van der Waals surface area contributed by atoms with Crippen LogP contribution in [0.3, 0.4) is 0 Å². The van der Waals surface area contributed by atoms with Crippen LogP contribution in [0, 0.1) is 12.7 Å². The average Bonchev–Trinajstić information content (AvgIpc) is 3.12. The van der Waals surface area contributed by atoms with Crippen molar-refractivity contribution in [2.75, 3.05) is 19.7 Å². The summed E-state index contributed by atoms with van der Waals surface area (Å²) in [4.78, 5) is 6.11. The van der Waals surface area contributed by atoms with Gasteiger partial charge in [0.25, 0.3) is 0 Å². The number of hydrogen-bond donors (Lipinski definition) is 2. The summed E-state index contributed by atoms with van der Waals surface area (Å²) in [5, 5.41) is 12.5. The molecule has 0 aliphatic carbocycles. The van der Waals surface area contributed by atoms with E-state index in [1.807, 2.05) is 11.1 Å². The second-order valence-electron chi connectivity index (χ2n) is 8.08. The van der Waals surface area contributed by atoms with Crippen molar-refractivity contribution in [2.45, 2.75) is 45.4 Å². The maximum absolute atomic E-state index is 14.3. The number of aliphatic hydroxyl groups excluding tert-OH is 1. The smallest absolute Gasteiger partial charge is 0.126 e. The Labute approximate surface area is 176 Å². The first-order valence-corrected chi connectivity index (χ1v) is 10.6. The zero-order valence-corrected chi connectivity index (χ0v) is 17.5. The van der Waals surface area contributed by atoms with Crippen molar-refractivity contribution >= 4 is 10.9 Å². The van der Waals surface area contributed by atoms with Gasteiger partial charge >= 0.3 is 0 Å². The van der Waals surface area contributed by atoms with Crippen molar-refractivity contribution < 1.29 is 14.3 Å². The molecule has 1 aliphatic heterocycles. The van der Waals surface area contributed by atoms with Gasteiger partial charge in [0.05, 0.1) is 18.7 Å². The van der Waals surface area contributed by atoms with Crippen molar-refractivity contribution in [3.8, 4) is 0 Å².